The van der Waals surface area contributed by atoms with Gasteiger partial charge in [-0.25, -0.2) is 8.42 Å². The largest absolute Gasteiger partial charge is 0.417 e. The molecule has 0 aromatic carbocycles. The Morgan fingerprint density at radius 2 is 2.09 bits per heavy atom. The van der Waals surface area contributed by atoms with Crippen molar-refractivity contribution < 1.29 is 26.4 Å². The number of carbonyl (C=O) groups is 1. The number of halogens is 4. The predicted molar refractivity (Wildman–Crippen MR) is 75.9 cm³/mol. The summed E-state index contributed by atoms with van der Waals surface area (Å²) in [4.78, 5) is 23.5. The second-order valence-corrected chi connectivity index (χ2v) is 7.81. The zero-order valence-corrected chi connectivity index (χ0v) is 13.1. The molecule has 1 aromatic rings. The van der Waals surface area contributed by atoms with E-state index in [4.69, 9.17) is 11.6 Å². The highest BCUT2D eigenvalue weighted by Crippen LogP contribution is 2.29. The summed E-state index contributed by atoms with van der Waals surface area (Å²) in [6, 6.07) is -0.119. The normalized spacial score (nSPS) is 20.4. The highest BCUT2D eigenvalue weighted by molar-refractivity contribution is 7.91. The topological polar surface area (TPSA) is 85.2 Å². The first-order valence-corrected chi connectivity index (χ1v) is 8.65. The Bertz CT molecular complexity index is 788. The maximum absolute atomic E-state index is 12.7. The van der Waals surface area contributed by atoms with Crippen LogP contribution in [0, 0.1) is 0 Å². The second-order valence-electron chi connectivity index (χ2n) is 5.18. The molecular weight excluding hydrogens is 361 g/mol. The molecule has 0 bridgehead atoms. The number of nitrogens with zero attached hydrogens (tertiary/aromatic N) is 1. The third kappa shape index (κ3) is 4.47. The lowest BCUT2D eigenvalue weighted by molar-refractivity contribution is -0.138. The summed E-state index contributed by atoms with van der Waals surface area (Å²) >= 11 is 5.47. The Morgan fingerprint density at radius 3 is 2.61 bits per heavy atom. The third-order valence-corrected chi connectivity index (χ3v) is 5.32. The first kappa shape index (κ1) is 17.8. The van der Waals surface area contributed by atoms with E-state index < -0.39 is 50.7 Å². The van der Waals surface area contributed by atoms with Crippen molar-refractivity contribution in [2.24, 2.45) is 0 Å². The summed E-state index contributed by atoms with van der Waals surface area (Å²) in [6.45, 7) is -0.682. The van der Waals surface area contributed by atoms with E-state index in [9.17, 15) is 31.2 Å². The average molecular weight is 373 g/mol. The zero-order valence-electron chi connectivity index (χ0n) is 11.6. The van der Waals surface area contributed by atoms with E-state index in [0.717, 1.165) is 0 Å². The summed E-state index contributed by atoms with van der Waals surface area (Å²) in [6.07, 6.45) is -3.99. The van der Waals surface area contributed by atoms with Crippen molar-refractivity contribution in [3.8, 4) is 0 Å². The molecular formula is C12H12ClF3N2O4S. The van der Waals surface area contributed by atoms with Crippen LogP contribution in [-0.2, 0) is 27.4 Å². The molecule has 1 atom stereocenters. The van der Waals surface area contributed by atoms with Gasteiger partial charge in [0.15, 0.2) is 9.84 Å². The number of aromatic nitrogens is 1. The summed E-state index contributed by atoms with van der Waals surface area (Å²) in [7, 11) is -3.21. The molecule has 0 aliphatic carbocycles. The van der Waals surface area contributed by atoms with Crippen LogP contribution in [0.25, 0.3) is 0 Å². The van der Waals surface area contributed by atoms with Gasteiger partial charge < -0.3 is 9.88 Å². The standard InChI is InChI=1S/C12H12ClF3N2O4S/c13-9-3-7(12(14,15)16)4-18(11(9)20)5-10(19)17-8-1-2-23(21,22)6-8/h3-4,8H,1-2,5-6H2,(H,17,19)/t8-/m0/s1. The van der Waals surface area contributed by atoms with Crippen LogP contribution in [0.2, 0.25) is 5.02 Å². The highest BCUT2D eigenvalue weighted by Gasteiger charge is 2.32. The van der Waals surface area contributed by atoms with Gasteiger partial charge in [0.1, 0.15) is 11.6 Å². The Labute approximate surface area is 134 Å². The van der Waals surface area contributed by atoms with Crippen molar-refractivity contribution in [3.05, 3.63) is 33.2 Å². The van der Waals surface area contributed by atoms with E-state index in [-0.39, 0.29) is 17.9 Å². The number of carbonyl (C=O) groups excluding carboxylic acids is 1. The van der Waals surface area contributed by atoms with Crippen LogP contribution >= 0.6 is 11.6 Å². The molecule has 1 amide bonds. The lowest BCUT2D eigenvalue weighted by Crippen LogP contribution is -2.39. The van der Waals surface area contributed by atoms with Crippen LogP contribution in [0.3, 0.4) is 0 Å². The van der Waals surface area contributed by atoms with Crippen molar-refractivity contribution in [2.45, 2.75) is 25.2 Å². The molecule has 0 radical (unpaired) electrons. The van der Waals surface area contributed by atoms with Gasteiger partial charge in [0, 0.05) is 12.2 Å². The van der Waals surface area contributed by atoms with Gasteiger partial charge in [0.25, 0.3) is 5.56 Å². The van der Waals surface area contributed by atoms with Crippen LogP contribution in [0.4, 0.5) is 13.2 Å². The smallest absolute Gasteiger partial charge is 0.351 e. The van der Waals surface area contributed by atoms with Gasteiger partial charge in [0.05, 0.1) is 17.1 Å². The lowest BCUT2D eigenvalue weighted by atomic mass is 10.2. The number of sulfone groups is 1. The fourth-order valence-corrected chi connectivity index (χ4v) is 4.11. The number of hydrogen-bond donors (Lipinski definition) is 1. The van der Waals surface area contributed by atoms with Crippen molar-refractivity contribution in [1.29, 1.82) is 0 Å². The monoisotopic (exact) mass is 372 g/mol. The van der Waals surface area contributed by atoms with Crippen molar-refractivity contribution >= 4 is 27.3 Å². The van der Waals surface area contributed by atoms with E-state index in [1.807, 2.05) is 0 Å². The van der Waals surface area contributed by atoms with Gasteiger partial charge in [-0.2, -0.15) is 13.2 Å². The van der Waals surface area contributed by atoms with Crippen molar-refractivity contribution in [1.82, 2.24) is 9.88 Å². The molecule has 23 heavy (non-hydrogen) atoms. The number of hydrogen-bond acceptors (Lipinski definition) is 4. The molecule has 1 fully saturated rings. The minimum absolute atomic E-state index is 0.0622. The fraction of sp³-hybridized carbons (Fsp3) is 0.500. The van der Waals surface area contributed by atoms with Gasteiger partial charge in [-0.3, -0.25) is 9.59 Å². The Morgan fingerprint density at radius 1 is 1.43 bits per heavy atom. The summed E-state index contributed by atoms with van der Waals surface area (Å²) in [5.74, 6) is -1.05. The van der Waals surface area contributed by atoms with Crippen LogP contribution < -0.4 is 10.9 Å². The molecule has 0 spiro atoms. The number of pyridine rings is 1. The van der Waals surface area contributed by atoms with E-state index in [0.29, 0.717) is 16.8 Å². The quantitative estimate of drug-likeness (QED) is 0.851. The minimum atomic E-state index is -4.71. The molecule has 2 heterocycles. The molecule has 11 heteroatoms. The second kappa shape index (κ2) is 6.16. The van der Waals surface area contributed by atoms with Crippen LogP contribution in [0.1, 0.15) is 12.0 Å². The van der Waals surface area contributed by atoms with Crippen LogP contribution in [-0.4, -0.2) is 36.4 Å². The predicted octanol–water partition coefficient (Wildman–Crippen LogP) is 0.824. The van der Waals surface area contributed by atoms with Gasteiger partial charge >= 0.3 is 6.18 Å². The maximum Gasteiger partial charge on any atom is 0.417 e. The Balaban J connectivity index is 2.15. The van der Waals surface area contributed by atoms with Gasteiger partial charge in [0.2, 0.25) is 5.91 Å². The average Bonchev–Trinajstić information content (AvgIpc) is 2.72. The number of rotatable bonds is 3. The van der Waals surface area contributed by atoms with E-state index >= 15 is 0 Å². The van der Waals surface area contributed by atoms with E-state index in [2.05, 4.69) is 5.32 Å². The Kier molecular flexibility index (Phi) is 4.76. The first-order valence-electron chi connectivity index (χ1n) is 6.45. The van der Waals surface area contributed by atoms with Gasteiger partial charge in [-0.1, -0.05) is 11.6 Å². The summed E-state index contributed by atoms with van der Waals surface area (Å²) in [5, 5.41) is 1.73. The molecule has 1 aromatic heterocycles. The lowest BCUT2D eigenvalue weighted by Gasteiger charge is -2.14. The first-order chi connectivity index (χ1) is 10.5. The molecule has 2 rings (SSSR count). The van der Waals surface area contributed by atoms with E-state index in [1.54, 1.807) is 0 Å². The summed E-state index contributed by atoms with van der Waals surface area (Å²) in [5.41, 5.74) is -2.09. The SMILES string of the molecule is O=C(Cn1cc(C(F)(F)F)cc(Cl)c1=O)N[C@H]1CCS(=O)(=O)C1. The van der Waals surface area contributed by atoms with Crippen molar-refractivity contribution in [3.63, 3.8) is 0 Å². The van der Waals surface area contributed by atoms with Crippen molar-refractivity contribution in [2.75, 3.05) is 11.5 Å². The molecule has 1 aliphatic heterocycles. The Hall–Kier alpha value is -1.55. The molecule has 6 nitrogen and oxygen atoms in total. The summed E-state index contributed by atoms with van der Waals surface area (Å²) < 4.78 is 61.2. The number of nitrogens with one attached hydrogen (secondary N) is 1. The van der Waals surface area contributed by atoms with Gasteiger partial charge in [-0.05, 0) is 12.5 Å². The number of amides is 1. The van der Waals surface area contributed by atoms with E-state index in [1.165, 1.54) is 0 Å². The minimum Gasteiger partial charge on any atom is -0.351 e. The van der Waals surface area contributed by atoms with Crippen LogP contribution in [0.5, 0.6) is 0 Å². The molecule has 0 unspecified atom stereocenters. The zero-order chi connectivity index (χ0) is 17.4. The molecule has 128 valence electrons. The van der Waals surface area contributed by atoms with Gasteiger partial charge in [-0.15, -0.1) is 0 Å². The highest BCUT2D eigenvalue weighted by atomic mass is 35.5. The fourth-order valence-electron chi connectivity index (χ4n) is 2.21. The molecule has 1 N–H and O–H groups in total. The molecule has 1 aliphatic rings. The van der Waals surface area contributed by atoms with Crippen LogP contribution in [0.15, 0.2) is 17.1 Å². The molecule has 0 saturated carbocycles. The maximum atomic E-state index is 12.7. The number of alkyl halides is 3. The third-order valence-electron chi connectivity index (χ3n) is 3.28. The molecule has 1 saturated heterocycles.